The number of pyridine rings is 1. The molecular formula is C19H20N6O2. The monoisotopic (exact) mass is 364 g/mol. The van der Waals surface area contributed by atoms with Crippen LogP contribution in [0.25, 0.3) is 0 Å². The van der Waals surface area contributed by atoms with Gasteiger partial charge in [0.25, 0.3) is 5.91 Å². The van der Waals surface area contributed by atoms with E-state index in [1.54, 1.807) is 43.6 Å². The molecule has 138 valence electrons. The van der Waals surface area contributed by atoms with Gasteiger partial charge in [0, 0.05) is 24.8 Å². The molecule has 0 radical (unpaired) electrons. The van der Waals surface area contributed by atoms with Crippen molar-refractivity contribution in [3.63, 3.8) is 0 Å². The zero-order valence-corrected chi connectivity index (χ0v) is 14.8. The highest BCUT2D eigenvalue weighted by molar-refractivity contribution is 5.94. The normalized spacial score (nSPS) is 10.1. The molecule has 0 aliphatic rings. The summed E-state index contributed by atoms with van der Waals surface area (Å²) < 4.78 is 5.08. The highest BCUT2D eigenvalue weighted by Crippen LogP contribution is 2.12. The van der Waals surface area contributed by atoms with E-state index in [1.807, 2.05) is 24.3 Å². The number of nitrogens with zero attached hydrogens (tertiary/aromatic N) is 3. The number of carbonyl (C=O) groups excluding carboxylic acids is 1. The topological polar surface area (TPSA) is 101 Å². The lowest BCUT2D eigenvalue weighted by atomic mass is 10.2. The Morgan fingerprint density at radius 3 is 2.37 bits per heavy atom. The van der Waals surface area contributed by atoms with Crippen LogP contribution in [-0.4, -0.2) is 41.3 Å². The van der Waals surface area contributed by atoms with Gasteiger partial charge < -0.3 is 20.7 Å². The molecule has 3 aromatic rings. The maximum atomic E-state index is 12.1. The molecular weight excluding hydrogens is 344 g/mol. The van der Waals surface area contributed by atoms with Crippen molar-refractivity contribution in [2.75, 3.05) is 30.8 Å². The van der Waals surface area contributed by atoms with E-state index in [9.17, 15) is 4.79 Å². The molecule has 3 N–H and O–H groups in total. The van der Waals surface area contributed by atoms with Crippen LogP contribution in [0.5, 0.6) is 5.75 Å². The number of carbonyl (C=O) groups is 1. The molecule has 2 heterocycles. The summed E-state index contributed by atoms with van der Waals surface area (Å²) in [4.78, 5) is 16.2. The minimum Gasteiger partial charge on any atom is -0.497 e. The van der Waals surface area contributed by atoms with Gasteiger partial charge in [-0.05, 0) is 48.5 Å². The Kier molecular flexibility index (Phi) is 6.13. The zero-order valence-electron chi connectivity index (χ0n) is 14.8. The van der Waals surface area contributed by atoms with Crippen molar-refractivity contribution < 1.29 is 9.53 Å². The lowest BCUT2D eigenvalue weighted by Gasteiger charge is -2.08. The molecule has 8 nitrogen and oxygen atoms in total. The number of rotatable bonds is 8. The fraction of sp³-hybridized carbons (Fsp3) is 0.158. The summed E-state index contributed by atoms with van der Waals surface area (Å²) in [6, 6.07) is 16.1. The van der Waals surface area contributed by atoms with Crippen molar-refractivity contribution in [2.24, 2.45) is 0 Å². The van der Waals surface area contributed by atoms with E-state index in [-0.39, 0.29) is 5.91 Å². The van der Waals surface area contributed by atoms with Crippen molar-refractivity contribution in [2.45, 2.75) is 0 Å². The smallest absolute Gasteiger partial charge is 0.251 e. The third-order valence-electron chi connectivity index (χ3n) is 3.65. The summed E-state index contributed by atoms with van der Waals surface area (Å²) in [5.41, 5.74) is 0.584. The first-order chi connectivity index (χ1) is 13.2. The third kappa shape index (κ3) is 5.40. The van der Waals surface area contributed by atoms with Crippen molar-refractivity contribution >= 4 is 23.4 Å². The Bertz CT molecular complexity index is 854. The van der Waals surface area contributed by atoms with Gasteiger partial charge in [-0.1, -0.05) is 6.07 Å². The molecule has 8 heteroatoms. The van der Waals surface area contributed by atoms with Crippen molar-refractivity contribution in [3.8, 4) is 5.75 Å². The molecule has 0 saturated carbocycles. The van der Waals surface area contributed by atoms with Gasteiger partial charge in [-0.25, -0.2) is 4.98 Å². The van der Waals surface area contributed by atoms with Gasteiger partial charge in [0.05, 0.1) is 7.11 Å². The Labute approximate surface area is 157 Å². The highest BCUT2D eigenvalue weighted by atomic mass is 16.5. The summed E-state index contributed by atoms with van der Waals surface area (Å²) in [7, 11) is 1.59. The molecule has 0 fully saturated rings. The summed E-state index contributed by atoms with van der Waals surface area (Å²) in [6.45, 7) is 0.990. The van der Waals surface area contributed by atoms with Crippen LogP contribution < -0.4 is 20.7 Å². The van der Waals surface area contributed by atoms with Gasteiger partial charge in [-0.2, -0.15) is 0 Å². The van der Waals surface area contributed by atoms with E-state index < -0.39 is 0 Å². The highest BCUT2D eigenvalue weighted by Gasteiger charge is 2.05. The predicted molar refractivity (Wildman–Crippen MR) is 103 cm³/mol. The molecule has 0 bridgehead atoms. The van der Waals surface area contributed by atoms with E-state index in [1.165, 1.54) is 0 Å². The van der Waals surface area contributed by atoms with Gasteiger partial charge >= 0.3 is 0 Å². The lowest BCUT2D eigenvalue weighted by Crippen LogP contribution is -2.28. The molecule has 2 aromatic heterocycles. The van der Waals surface area contributed by atoms with Crippen LogP contribution in [0.2, 0.25) is 0 Å². The molecule has 0 unspecified atom stereocenters. The van der Waals surface area contributed by atoms with E-state index in [2.05, 4.69) is 31.1 Å². The number of nitrogens with one attached hydrogen (secondary N) is 3. The third-order valence-corrected chi connectivity index (χ3v) is 3.65. The molecule has 1 amide bonds. The van der Waals surface area contributed by atoms with Gasteiger partial charge in [0.1, 0.15) is 17.4 Å². The fourth-order valence-electron chi connectivity index (χ4n) is 2.27. The minimum atomic E-state index is -0.138. The Morgan fingerprint density at radius 1 is 0.926 bits per heavy atom. The predicted octanol–water partition coefficient (Wildman–Crippen LogP) is 2.47. The summed E-state index contributed by atoms with van der Waals surface area (Å²) in [5, 5.41) is 17.2. The minimum absolute atomic E-state index is 0.138. The number of ether oxygens (including phenoxy) is 1. The number of hydrogen-bond donors (Lipinski definition) is 3. The molecule has 27 heavy (non-hydrogen) atoms. The van der Waals surface area contributed by atoms with Gasteiger partial charge in [-0.3, -0.25) is 4.79 Å². The zero-order chi connectivity index (χ0) is 18.9. The van der Waals surface area contributed by atoms with Crippen molar-refractivity contribution in [1.29, 1.82) is 0 Å². The average molecular weight is 364 g/mol. The number of methoxy groups -OCH3 is 1. The van der Waals surface area contributed by atoms with Gasteiger partial charge in [-0.15, -0.1) is 10.2 Å². The Balaban J connectivity index is 1.41. The van der Waals surface area contributed by atoms with Crippen LogP contribution >= 0.6 is 0 Å². The molecule has 0 aliphatic heterocycles. The summed E-state index contributed by atoms with van der Waals surface area (Å²) in [5.74, 6) is 2.51. The average Bonchev–Trinajstić information content (AvgIpc) is 2.73. The first kappa shape index (κ1) is 18.1. The SMILES string of the molecule is COc1ccc(C(=O)NCCNc2ccc(Nc3ccccn3)nn2)cc1. The maximum absolute atomic E-state index is 12.1. The lowest BCUT2D eigenvalue weighted by molar-refractivity contribution is 0.0955. The van der Waals surface area contributed by atoms with Crippen molar-refractivity contribution in [3.05, 3.63) is 66.4 Å². The quantitative estimate of drug-likeness (QED) is 0.528. The Morgan fingerprint density at radius 2 is 1.70 bits per heavy atom. The molecule has 0 atom stereocenters. The number of anilines is 3. The number of benzene rings is 1. The van der Waals surface area contributed by atoms with E-state index >= 15 is 0 Å². The first-order valence-corrected chi connectivity index (χ1v) is 8.42. The molecule has 0 spiro atoms. The fourth-order valence-corrected chi connectivity index (χ4v) is 2.27. The summed E-state index contributed by atoms with van der Waals surface area (Å²) >= 11 is 0. The molecule has 0 saturated heterocycles. The largest absolute Gasteiger partial charge is 0.497 e. The molecule has 3 rings (SSSR count). The second-order valence-corrected chi connectivity index (χ2v) is 5.55. The first-order valence-electron chi connectivity index (χ1n) is 8.42. The molecule has 1 aromatic carbocycles. The van der Waals surface area contributed by atoms with Crippen molar-refractivity contribution in [1.82, 2.24) is 20.5 Å². The van der Waals surface area contributed by atoms with Crippen LogP contribution in [0, 0.1) is 0 Å². The standard InChI is InChI=1S/C19H20N6O2/c1-27-15-7-5-14(6-8-15)19(26)22-13-12-21-17-9-10-18(25-24-17)23-16-4-2-3-11-20-16/h2-11H,12-13H2,1H3,(H,21,24)(H,22,26)(H,20,23,25). The van der Waals surface area contributed by atoms with Gasteiger partial charge in [0.15, 0.2) is 5.82 Å². The van der Waals surface area contributed by atoms with Crippen LogP contribution in [0.15, 0.2) is 60.8 Å². The summed E-state index contributed by atoms with van der Waals surface area (Å²) in [6.07, 6.45) is 1.70. The Hall–Kier alpha value is -3.68. The van der Waals surface area contributed by atoms with E-state index in [0.29, 0.717) is 41.9 Å². The maximum Gasteiger partial charge on any atom is 0.251 e. The number of aromatic nitrogens is 3. The van der Waals surface area contributed by atoms with Crippen LogP contribution in [-0.2, 0) is 0 Å². The number of amides is 1. The van der Waals surface area contributed by atoms with E-state index in [0.717, 1.165) is 0 Å². The van der Waals surface area contributed by atoms with Crippen LogP contribution in [0.3, 0.4) is 0 Å². The van der Waals surface area contributed by atoms with Crippen LogP contribution in [0.4, 0.5) is 17.5 Å². The second-order valence-electron chi connectivity index (χ2n) is 5.55. The van der Waals surface area contributed by atoms with Gasteiger partial charge in [0.2, 0.25) is 0 Å². The second kappa shape index (κ2) is 9.14. The van der Waals surface area contributed by atoms with Crippen LogP contribution in [0.1, 0.15) is 10.4 Å². The number of hydrogen-bond acceptors (Lipinski definition) is 7. The molecule has 0 aliphatic carbocycles. The van der Waals surface area contributed by atoms with E-state index in [4.69, 9.17) is 4.74 Å².